The molecule has 0 saturated carbocycles. The summed E-state index contributed by atoms with van der Waals surface area (Å²) in [6.45, 7) is 0. The molecule has 0 aromatic heterocycles. The van der Waals surface area contributed by atoms with E-state index in [-0.39, 0.29) is 10.7 Å². The molecule has 0 bridgehead atoms. The molecular weight excluding hydrogens is 317 g/mol. The van der Waals surface area contributed by atoms with E-state index in [4.69, 9.17) is 23.2 Å². The Balaban J connectivity index is 2.19. The number of sulfonamides is 1. The van der Waals surface area contributed by atoms with Gasteiger partial charge in [-0.25, -0.2) is 8.42 Å². The Hall–Kier alpha value is -1.49. The number of rotatable bonds is 4. The number of benzene rings is 2. The lowest BCUT2D eigenvalue weighted by Gasteiger charge is -2.06. The third kappa shape index (κ3) is 4.27. The number of halogens is 2. The van der Waals surface area contributed by atoms with Gasteiger partial charge in [-0.05, 0) is 29.8 Å². The highest BCUT2D eigenvalue weighted by atomic mass is 35.5. The fraction of sp³-hybridized carbons (Fsp3) is 0. The molecule has 0 fully saturated rings. The minimum absolute atomic E-state index is 0.247. The van der Waals surface area contributed by atoms with Crippen LogP contribution in [0.1, 0.15) is 5.56 Å². The summed E-state index contributed by atoms with van der Waals surface area (Å²) in [7, 11) is -3.65. The molecule has 1 N–H and O–H groups in total. The van der Waals surface area contributed by atoms with E-state index in [1.165, 1.54) is 18.2 Å². The predicted octanol–water partition coefficient (Wildman–Crippen LogP) is 4.41. The van der Waals surface area contributed by atoms with Gasteiger partial charge >= 0.3 is 0 Å². The molecule has 0 aliphatic heterocycles. The van der Waals surface area contributed by atoms with E-state index < -0.39 is 10.0 Å². The van der Waals surface area contributed by atoms with Gasteiger partial charge in [-0.1, -0.05) is 53.5 Å². The zero-order valence-corrected chi connectivity index (χ0v) is 12.6. The Morgan fingerprint density at radius 1 is 1.00 bits per heavy atom. The van der Waals surface area contributed by atoms with Crippen molar-refractivity contribution in [3.8, 4) is 0 Å². The summed E-state index contributed by atoms with van der Waals surface area (Å²) in [4.78, 5) is 0. The van der Waals surface area contributed by atoms with E-state index >= 15 is 0 Å². The maximum absolute atomic E-state index is 11.9. The van der Waals surface area contributed by atoms with Crippen molar-refractivity contribution < 1.29 is 8.42 Å². The Kier molecular flexibility index (Phi) is 4.70. The second-order valence-electron chi connectivity index (χ2n) is 3.98. The van der Waals surface area contributed by atoms with Crippen molar-refractivity contribution in [3.63, 3.8) is 0 Å². The van der Waals surface area contributed by atoms with E-state index in [2.05, 4.69) is 4.72 Å². The maximum atomic E-state index is 11.9. The quantitative estimate of drug-likeness (QED) is 0.904. The summed E-state index contributed by atoms with van der Waals surface area (Å²) in [6, 6.07) is 13.7. The first-order chi connectivity index (χ1) is 9.46. The molecule has 0 heterocycles. The molecule has 0 unspecified atom stereocenters. The highest BCUT2D eigenvalue weighted by Crippen LogP contribution is 2.26. The van der Waals surface area contributed by atoms with Gasteiger partial charge in [-0.3, -0.25) is 4.72 Å². The molecule has 104 valence electrons. The highest BCUT2D eigenvalue weighted by Gasteiger charge is 2.09. The van der Waals surface area contributed by atoms with Gasteiger partial charge in [0.15, 0.2) is 0 Å². The molecule has 2 aromatic carbocycles. The van der Waals surface area contributed by atoms with Crippen molar-refractivity contribution in [3.05, 3.63) is 69.5 Å². The number of hydrogen-bond acceptors (Lipinski definition) is 2. The van der Waals surface area contributed by atoms with E-state index in [0.29, 0.717) is 5.02 Å². The van der Waals surface area contributed by atoms with Crippen LogP contribution in [0, 0.1) is 0 Å². The standard InChI is InChI=1S/C14H11Cl2NO2S/c15-12-6-7-13(16)14(10-12)17-20(18,19)9-8-11-4-2-1-3-5-11/h1-10,17H/b9-8+. The van der Waals surface area contributed by atoms with Crippen molar-refractivity contribution in [2.45, 2.75) is 0 Å². The van der Waals surface area contributed by atoms with Crippen LogP contribution in [0.2, 0.25) is 10.0 Å². The van der Waals surface area contributed by atoms with Crippen LogP contribution in [0.5, 0.6) is 0 Å². The Labute approximate surface area is 127 Å². The van der Waals surface area contributed by atoms with Crippen molar-refractivity contribution in [1.82, 2.24) is 0 Å². The second-order valence-corrected chi connectivity index (χ2v) is 6.39. The van der Waals surface area contributed by atoms with Crippen LogP contribution >= 0.6 is 23.2 Å². The first-order valence-corrected chi connectivity index (χ1v) is 7.97. The van der Waals surface area contributed by atoms with Gasteiger partial charge in [0, 0.05) is 5.02 Å². The molecule has 0 aliphatic carbocycles. The normalized spacial score (nSPS) is 11.7. The van der Waals surface area contributed by atoms with Crippen molar-refractivity contribution in [2.24, 2.45) is 0 Å². The summed E-state index contributed by atoms with van der Waals surface area (Å²) in [6.07, 6.45) is 1.50. The predicted molar refractivity (Wildman–Crippen MR) is 84.5 cm³/mol. The summed E-state index contributed by atoms with van der Waals surface area (Å²) in [5.74, 6) is 0. The Morgan fingerprint density at radius 2 is 1.70 bits per heavy atom. The third-order valence-electron chi connectivity index (χ3n) is 2.42. The largest absolute Gasteiger partial charge is 0.279 e. The van der Waals surface area contributed by atoms with Crippen molar-refractivity contribution in [1.29, 1.82) is 0 Å². The summed E-state index contributed by atoms with van der Waals surface area (Å²) in [5, 5.41) is 1.77. The van der Waals surface area contributed by atoms with Crippen LogP contribution in [0.3, 0.4) is 0 Å². The molecule has 0 amide bonds. The molecule has 20 heavy (non-hydrogen) atoms. The van der Waals surface area contributed by atoms with Crippen LogP contribution in [0.4, 0.5) is 5.69 Å². The monoisotopic (exact) mass is 327 g/mol. The fourth-order valence-electron chi connectivity index (χ4n) is 1.50. The molecule has 2 rings (SSSR count). The van der Waals surface area contributed by atoms with Crippen molar-refractivity contribution in [2.75, 3.05) is 4.72 Å². The van der Waals surface area contributed by atoms with E-state index in [0.717, 1.165) is 11.0 Å². The zero-order chi connectivity index (χ0) is 14.6. The number of anilines is 1. The number of hydrogen-bond donors (Lipinski definition) is 1. The van der Waals surface area contributed by atoms with Crippen LogP contribution in [0.15, 0.2) is 53.9 Å². The van der Waals surface area contributed by atoms with Gasteiger partial charge in [0.2, 0.25) is 0 Å². The molecule has 6 heteroatoms. The third-order valence-corrected chi connectivity index (χ3v) is 3.98. The Bertz CT molecular complexity index is 728. The summed E-state index contributed by atoms with van der Waals surface area (Å²) >= 11 is 11.7. The van der Waals surface area contributed by atoms with Crippen molar-refractivity contribution >= 4 is 45.0 Å². The van der Waals surface area contributed by atoms with Gasteiger partial charge in [-0.2, -0.15) is 0 Å². The lowest BCUT2D eigenvalue weighted by molar-refractivity contribution is 0.609. The highest BCUT2D eigenvalue weighted by molar-refractivity contribution is 7.95. The van der Waals surface area contributed by atoms with Gasteiger partial charge in [0.05, 0.1) is 16.1 Å². The van der Waals surface area contributed by atoms with E-state index in [9.17, 15) is 8.42 Å². The topological polar surface area (TPSA) is 46.2 Å². The molecule has 0 spiro atoms. The van der Waals surface area contributed by atoms with Crippen LogP contribution in [-0.2, 0) is 10.0 Å². The first-order valence-electron chi connectivity index (χ1n) is 5.67. The fourth-order valence-corrected chi connectivity index (χ4v) is 2.77. The summed E-state index contributed by atoms with van der Waals surface area (Å²) < 4.78 is 26.2. The average Bonchev–Trinajstić information content (AvgIpc) is 2.42. The molecule has 0 saturated heterocycles. The smallest absolute Gasteiger partial charge is 0.255 e. The summed E-state index contributed by atoms with van der Waals surface area (Å²) in [5.41, 5.74) is 1.03. The lowest BCUT2D eigenvalue weighted by atomic mass is 10.2. The SMILES string of the molecule is O=S(=O)(/C=C/c1ccccc1)Nc1cc(Cl)ccc1Cl. The van der Waals surface area contributed by atoms with Crippen LogP contribution in [0.25, 0.3) is 6.08 Å². The van der Waals surface area contributed by atoms with Gasteiger partial charge < -0.3 is 0 Å². The van der Waals surface area contributed by atoms with Crippen LogP contribution < -0.4 is 4.72 Å². The minimum Gasteiger partial charge on any atom is -0.279 e. The van der Waals surface area contributed by atoms with Gasteiger partial charge in [-0.15, -0.1) is 0 Å². The Morgan fingerprint density at radius 3 is 2.40 bits per heavy atom. The number of nitrogens with one attached hydrogen (secondary N) is 1. The molecule has 0 atom stereocenters. The van der Waals surface area contributed by atoms with Gasteiger partial charge in [0.25, 0.3) is 10.0 Å². The average molecular weight is 328 g/mol. The lowest BCUT2D eigenvalue weighted by Crippen LogP contribution is -2.09. The maximum Gasteiger partial charge on any atom is 0.255 e. The molecular formula is C14H11Cl2NO2S. The minimum atomic E-state index is -3.65. The zero-order valence-electron chi connectivity index (χ0n) is 10.3. The van der Waals surface area contributed by atoms with Gasteiger partial charge in [0.1, 0.15) is 0 Å². The molecule has 0 radical (unpaired) electrons. The van der Waals surface area contributed by atoms with E-state index in [1.807, 2.05) is 18.2 Å². The molecule has 2 aromatic rings. The first kappa shape index (κ1) is 14.9. The molecule has 3 nitrogen and oxygen atoms in total. The van der Waals surface area contributed by atoms with E-state index in [1.54, 1.807) is 18.2 Å². The second kappa shape index (κ2) is 6.31. The van der Waals surface area contributed by atoms with Crippen LogP contribution in [-0.4, -0.2) is 8.42 Å². The molecule has 0 aliphatic rings.